The maximum absolute atomic E-state index is 12.7. The van der Waals surface area contributed by atoms with Gasteiger partial charge in [-0.15, -0.1) is 0 Å². The summed E-state index contributed by atoms with van der Waals surface area (Å²) in [5, 5.41) is 37.9. The normalized spacial score (nSPS) is 26.6. The highest BCUT2D eigenvalue weighted by Crippen LogP contribution is 2.34. The van der Waals surface area contributed by atoms with Crippen LogP contribution in [0, 0.1) is 5.92 Å². The quantitative estimate of drug-likeness (QED) is 0.152. The highest BCUT2D eigenvalue weighted by molar-refractivity contribution is 5.93. The van der Waals surface area contributed by atoms with Crippen molar-refractivity contribution >= 4 is 17.5 Å². The number of hydrogen-bond donors (Lipinski definition) is 5. The van der Waals surface area contributed by atoms with Gasteiger partial charge in [0, 0.05) is 31.6 Å². The molecule has 0 aromatic heterocycles. The maximum Gasteiger partial charge on any atom is 0.227 e. The molecule has 5 N–H and O–H groups in total. The lowest BCUT2D eigenvalue weighted by atomic mass is 9.90. The Morgan fingerprint density at radius 1 is 1.19 bits per heavy atom. The van der Waals surface area contributed by atoms with Gasteiger partial charge in [-0.05, 0) is 56.7 Å². The Hall–Kier alpha value is -3.40. The first-order valence-corrected chi connectivity index (χ1v) is 15.2. The number of carbonyl (C=O) groups excluding carboxylic acids is 2. The Labute approximate surface area is 256 Å². The number of methoxy groups -OCH3 is 1. The van der Waals surface area contributed by atoms with Gasteiger partial charge in [-0.25, -0.2) is 0 Å². The molecule has 2 bridgehead atoms. The summed E-state index contributed by atoms with van der Waals surface area (Å²) in [6.07, 6.45) is 15.2. The summed E-state index contributed by atoms with van der Waals surface area (Å²) >= 11 is 0. The summed E-state index contributed by atoms with van der Waals surface area (Å²) in [7, 11) is 1.51. The van der Waals surface area contributed by atoms with Crippen LogP contribution in [0.4, 0.5) is 5.69 Å². The standard InChI is InChI=1S/C34H50N2O7/c1-6-7-18-31(38)35-24(3)22-43-30-17-12-10-8-9-11-16-28(42-5)21-32(39)36-29-20-27(37)19-26(34(29)41)15-13-14-23(2)33(40)25(30)4/h8-12,14,16,19-20,24-25,28,30,33,37,40-41H,6-7,13,15,17-18,21-22H2,1-5H3,(H,35,38)(H,36,39)/b9-8+,12-10+,16-11+,23-14-/t24-,25-,28+,30+,33+/m1/s1. The topological polar surface area (TPSA) is 137 Å². The fourth-order valence-electron chi connectivity index (χ4n) is 4.81. The van der Waals surface area contributed by atoms with Gasteiger partial charge in [-0.2, -0.15) is 0 Å². The summed E-state index contributed by atoms with van der Waals surface area (Å²) in [5.41, 5.74) is 1.36. The summed E-state index contributed by atoms with van der Waals surface area (Å²) in [6.45, 7) is 8.08. The number of aliphatic hydroxyl groups is 1. The third kappa shape index (κ3) is 12.8. The van der Waals surface area contributed by atoms with Crippen LogP contribution < -0.4 is 10.6 Å². The largest absolute Gasteiger partial charge is 0.508 e. The number of aromatic hydroxyl groups is 2. The molecule has 1 aliphatic rings. The molecule has 0 saturated carbocycles. The molecule has 1 aromatic carbocycles. The molecule has 1 aliphatic heterocycles. The minimum Gasteiger partial charge on any atom is -0.508 e. The third-order valence-corrected chi connectivity index (χ3v) is 7.46. The molecule has 5 atom stereocenters. The lowest BCUT2D eigenvalue weighted by molar-refractivity contribution is -0.122. The van der Waals surface area contributed by atoms with E-state index in [4.69, 9.17) is 9.47 Å². The number of fused-ring (bicyclic) bond motifs is 2. The van der Waals surface area contributed by atoms with Crippen molar-refractivity contribution in [1.82, 2.24) is 5.32 Å². The Balaban J connectivity index is 2.28. The van der Waals surface area contributed by atoms with Crippen molar-refractivity contribution in [2.24, 2.45) is 5.92 Å². The highest BCUT2D eigenvalue weighted by Gasteiger charge is 2.26. The van der Waals surface area contributed by atoms with Gasteiger partial charge in [-0.1, -0.05) is 62.8 Å². The molecule has 2 amide bonds. The second-order valence-electron chi connectivity index (χ2n) is 11.2. The summed E-state index contributed by atoms with van der Waals surface area (Å²) < 4.78 is 11.7. The second-order valence-corrected chi connectivity index (χ2v) is 11.2. The fourth-order valence-corrected chi connectivity index (χ4v) is 4.81. The third-order valence-electron chi connectivity index (χ3n) is 7.46. The number of allylic oxidation sites excluding steroid dienone is 5. The fraction of sp³-hybridized carbons (Fsp3) is 0.529. The van der Waals surface area contributed by atoms with Crippen LogP contribution in [-0.2, 0) is 25.5 Å². The van der Waals surface area contributed by atoms with E-state index < -0.39 is 12.2 Å². The maximum atomic E-state index is 12.7. The van der Waals surface area contributed by atoms with E-state index in [1.54, 1.807) is 12.2 Å². The predicted octanol–water partition coefficient (Wildman–Crippen LogP) is 5.47. The minimum atomic E-state index is -0.779. The number of hydrogen-bond acceptors (Lipinski definition) is 7. The first-order valence-electron chi connectivity index (χ1n) is 15.2. The predicted molar refractivity (Wildman–Crippen MR) is 170 cm³/mol. The number of rotatable bonds is 8. The Morgan fingerprint density at radius 3 is 2.65 bits per heavy atom. The molecule has 0 saturated heterocycles. The van der Waals surface area contributed by atoms with Crippen molar-refractivity contribution in [3.8, 4) is 11.5 Å². The number of benzene rings is 1. The molecule has 0 fully saturated rings. The molecule has 238 valence electrons. The van der Waals surface area contributed by atoms with Gasteiger partial charge in [0.1, 0.15) is 11.5 Å². The highest BCUT2D eigenvalue weighted by atomic mass is 16.5. The second kappa shape index (κ2) is 19.0. The van der Waals surface area contributed by atoms with E-state index >= 15 is 0 Å². The van der Waals surface area contributed by atoms with Gasteiger partial charge in [0.15, 0.2) is 0 Å². The van der Waals surface area contributed by atoms with E-state index in [9.17, 15) is 24.9 Å². The average molecular weight is 599 g/mol. The molecular weight excluding hydrogens is 548 g/mol. The molecule has 9 nitrogen and oxygen atoms in total. The number of unbranched alkanes of at least 4 members (excludes halogenated alkanes) is 1. The molecule has 43 heavy (non-hydrogen) atoms. The molecule has 0 radical (unpaired) electrons. The Morgan fingerprint density at radius 2 is 1.93 bits per heavy atom. The van der Waals surface area contributed by atoms with Crippen LogP contribution in [0.25, 0.3) is 0 Å². The van der Waals surface area contributed by atoms with Crippen molar-refractivity contribution in [2.45, 2.75) is 97.0 Å². The van der Waals surface area contributed by atoms with Gasteiger partial charge < -0.3 is 35.4 Å². The van der Waals surface area contributed by atoms with Gasteiger partial charge in [0.25, 0.3) is 0 Å². The molecule has 1 aromatic rings. The zero-order chi connectivity index (χ0) is 31.8. The number of aliphatic hydroxyl groups excluding tert-OH is 1. The number of phenolic OH excluding ortho intramolecular Hbond substituents is 2. The summed E-state index contributed by atoms with van der Waals surface area (Å²) in [5.74, 6) is -0.796. The van der Waals surface area contributed by atoms with E-state index in [1.165, 1.54) is 19.2 Å². The SMILES string of the molecule is CCCCC(=O)N[C@H](C)CO[C@H]1C/C=C/C=C/C=C/[C@H](OC)CC(=O)Nc2cc(O)cc(c2O)CC/C=C(/C)[C@H](O)[C@@H]1C. The van der Waals surface area contributed by atoms with Gasteiger partial charge in [0.05, 0.1) is 37.0 Å². The van der Waals surface area contributed by atoms with E-state index in [0.29, 0.717) is 37.9 Å². The lowest BCUT2D eigenvalue weighted by Crippen LogP contribution is -2.39. The zero-order valence-electron chi connectivity index (χ0n) is 26.2. The number of phenols is 2. The van der Waals surface area contributed by atoms with Gasteiger partial charge in [0.2, 0.25) is 11.8 Å². The molecule has 0 aliphatic carbocycles. The van der Waals surface area contributed by atoms with Crippen LogP contribution in [0.5, 0.6) is 11.5 Å². The number of aryl methyl sites for hydroxylation is 1. The summed E-state index contributed by atoms with van der Waals surface area (Å²) in [6, 6.07) is 2.61. The van der Waals surface area contributed by atoms with Crippen molar-refractivity contribution in [1.29, 1.82) is 0 Å². The Bertz CT molecular complexity index is 1160. The minimum absolute atomic E-state index is 0.00978. The number of carbonyl (C=O) groups is 2. The molecule has 1 heterocycles. The van der Waals surface area contributed by atoms with Crippen LogP contribution in [0.3, 0.4) is 0 Å². The number of nitrogens with one attached hydrogen (secondary N) is 2. The van der Waals surface area contributed by atoms with Crippen LogP contribution >= 0.6 is 0 Å². The lowest BCUT2D eigenvalue weighted by Gasteiger charge is -2.29. The van der Waals surface area contributed by atoms with Crippen molar-refractivity contribution < 1.29 is 34.4 Å². The van der Waals surface area contributed by atoms with Crippen molar-refractivity contribution in [2.75, 3.05) is 19.0 Å². The Kier molecular flexibility index (Phi) is 15.8. The zero-order valence-corrected chi connectivity index (χ0v) is 26.2. The summed E-state index contributed by atoms with van der Waals surface area (Å²) in [4.78, 5) is 24.8. The monoisotopic (exact) mass is 598 g/mol. The van der Waals surface area contributed by atoms with Crippen LogP contribution in [0.15, 0.2) is 60.2 Å². The smallest absolute Gasteiger partial charge is 0.227 e. The van der Waals surface area contributed by atoms with Crippen molar-refractivity contribution in [3.63, 3.8) is 0 Å². The number of anilines is 1. The van der Waals surface area contributed by atoms with Gasteiger partial charge >= 0.3 is 0 Å². The van der Waals surface area contributed by atoms with E-state index in [2.05, 4.69) is 10.6 Å². The van der Waals surface area contributed by atoms with E-state index in [0.717, 1.165) is 18.4 Å². The molecule has 9 heteroatoms. The molecule has 0 spiro atoms. The first kappa shape index (κ1) is 35.8. The molecule has 0 unspecified atom stereocenters. The van der Waals surface area contributed by atoms with E-state index in [-0.39, 0.29) is 53.5 Å². The van der Waals surface area contributed by atoms with Crippen molar-refractivity contribution in [3.05, 3.63) is 65.8 Å². The van der Waals surface area contributed by atoms with Crippen LogP contribution in [-0.4, -0.2) is 65.2 Å². The van der Waals surface area contributed by atoms with Crippen LogP contribution in [0.2, 0.25) is 0 Å². The molecular formula is C34H50N2O7. The number of amides is 2. The first-order chi connectivity index (χ1) is 20.5. The molecule has 2 rings (SSSR count). The van der Waals surface area contributed by atoms with E-state index in [1.807, 2.05) is 58.1 Å². The van der Waals surface area contributed by atoms with Gasteiger partial charge in [-0.3, -0.25) is 9.59 Å². The number of ether oxygens (including phenoxy) is 2. The van der Waals surface area contributed by atoms with Crippen LogP contribution in [0.1, 0.15) is 71.8 Å². The average Bonchev–Trinajstić information content (AvgIpc) is 2.97.